The van der Waals surface area contributed by atoms with E-state index in [9.17, 15) is 22.9 Å². The van der Waals surface area contributed by atoms with Crippen LogP contribution in [0, 0.1) is 15.9 Å². The van der Waals surface area contributed by atoms with Gasteiger partial charge in [-0.15, -0.1) is 11.3 Å². The van der Waals surface area contributed by atoms with Crippen molar-refractivity contribution in [2.45, 2.75) is 23.0 Å². The first-order chi connectivity index (χ1) is 14.7. The highest BCUT2D eigenvalue weighted by atomic mass is 35.5. The molecule has 1 aliphatic heterocycles. The topological polar surface area (TPSA) is 93.4 Å². The van der Waals surface area contributed by atoms with Crippen LogP contribution < -0.4 is 4.90 Å². The summed E-state index contributed by atoms with van der Waals surface area (Å²) in [5, 5.41) is 13.1. The maximum absolute atomic E-state index is 13.6. The molecule has 1 saturated heterocycles. The van der Waals surface area contributed by atoms with Gasteiger partial charge in [-0.1, -0.05) is 11.6 Å². The van der Waals surface area contributed by atoms with E-state index in [1.165, 1.54) is 47.7 Å². The van der Waals surface area contributed by atoms with Gasteiger partial charge in [-0.2, -0.15) is 0 Å². The standard InChI is InChI=1S/C20H17ClFN3O4S2/c21-14-9-13(10-15(22)11-14)19-12-30-20(23-19)24-7-5-18(6-8-24)31(28,29)17-3-1-16(2-4-17)25(26)27/h1-4,9-12,18H,5-8H2. The summed E-state index contributed by atoms with van der Waals surface area (Å²) in [6.07, 6.45) is 0.833. The van der Waals surface area contributed by atoms with Crippen LogP contribution in [0.4, 0.5) is 15.2 Å². The summed E-state index contributed by atoms with van der Waals surface area (Å²) in [5.41, 5.74) is 1.05. The van der Waals surface area contributed by atoms with Crippen LogP contribution in [0.25, 0.3) is 11.3 Å². The lowest BCUT2D eigenvalue weighted by atomic mass is 10.1. The number of hydrogen-bond donors (Lipinski definition) is 0. The highest BCUT2D eigenvalue weighted by molar-refractivity contribution is 7.92. The molecule has 2 heterocycles. The molecule has 11 heteroatoms. The summed E-state index contributed by atoms with van der Waals surface area (Å²) < 4.78 is 39.5. The van der Waals surface area contributed by atoms with Crippen molar-refractivity contribution >= 4 is 43.6 Å². The monoisotopic (exact) mass is 481 g/mol. The van der Waals surface area contributed by atoms with Gasteiger partial charge < -0.3 is 4.90 Å². The van der Waals surface area contributed by atoms with E-state index in [0.29, 0.717) is 42.2 Å². The summed E-state index contributed by atoms with van der Waals surface area (Å²) >= 11 is 7.33. The number of nitro groups is 1. The molecular formula is C20H17ClFN3O4S2. The smallest absolute Gasteiger partial charge is 0.269 e. The second-order valence-electron chi connectivity index (χ2n) is 7.16. The van der Waals surface area contributed by atoms with Crippen molar-refractivity contribution in [3.63, 3.8) is 0 Å². The lowest BCUT2D eigenvalue weighted by Crippen LogP contribution is -2.39. The number of non-ortho nitro benzene ring substituents is 1. The first kappa shape index (κ1) is 21.7. The Balaban J connectivity index is 1.45. The summed E-state index contributed by atoms with van der Waals surface area (Å²) in [7, 11) is -3.58. The second-order valence-corrected chi connectivity index (χ2v) is 10.7. The van der Waals surface area contributed by atoms with Crippen LogP contribution in [0.15, 0.2) is 52.7 Å². The van der Waals surface area contributed by atoms with E-state index >= 15 is 0 Å². The molecule has 0 bridgehead atoms. The Morgan fingerprint density at radius 1 is 1.16 bits per heavy atom. The summed E-state index contributed by atoms with van der Waals surface area (Å²) in [4.78, 5) is 16.9. The fraction of sp³-hybridized carbons (Fsp3) is 0.250. The van der Waals surface area contributed by atoms with Crippen molar-refractivity contribution in [2.75, 3.05) is 18.0 Å². The molecule has 4 rings (SSSR count). The molecule has 0 aliphatic carbocycles. The Morgan fingerprint density at radius 2 is 1.84 bits per heavy atom. The van der Waals surface area contributed by atoms with Crippen molar-refractivity contribution < 1.29 is 17.7 Å². The number of nitro benzene ring substituents is 1. The van der Waals surface area contributed by atoms with E-state index in [2.05, 4.69) is 4.98 Å². The molecule has 1 aliphatic rings. The Morgan fingerprint density at radius 3 is 2.45 bits per heavy atom. The molecule has 1 fully saturated rings. The fourth-order valence-corrected chi connectivity index (χ4v) is 6.39. The van der Waals surface area contributed by atoms with Crippen molar-refractivity contribution in [2.24, 2.45) is 0 Å². The van der Waals surface area contributed by atoms with Gasteiger partial charge in [0.1, 0.15) is 5.82 Å². The Kier molecular flexibility index (Phi) is 5.96. The minimum atomic E-state index is -3.58. The van der Waals surface area contributed by atoms with Crippen molar-refractivity contribution in [3.8, 4) is 11.3 Å². The zero-order chi connectivity index (χ0) is 22.2. The molecule has 162 valence electrons. The number of halogens is 2. The number of sulfone groups is 1. The molecule has 1 aromatic heterocycles. The molecule has 0 radical (unpaired) electrons. The average molecular weight is 482 g/mol. The molecule has 0 unspecified atom stereocenters. The predicted octanol–water partition coefficient (Wildman–Crippen LogP) is 4.95. The number of aromatic nitrogens is 1. The summed E-state index contributed by atoms with van der Waals surface area (Å²) in [5.74, 6) is -0.436. The third-order valence-electron chi connectivity index (χ3n) is 5.18. The van der Waals surface area contributed by atoms with Crippen LogP contribution in [0.2, 0.25) is 5.02 Å². The van der Waals surface area contributed by atoms with Gasteiger partial charge >= 0.3 is 0 Å². The molecular weight excluding hydrogens is 465 g/mol. The Bertz CT molecular complexity index is 1200. The third-order valence-corrected chi connectivity index (χ3v) is 8.58. The predicted molar refractivity (Wildman–Crippen MR) is 118 cm³/mol. The maximum atomic E-state index is 13.6. The summed E-state index contributed by atoms with van der Waals surface area (Å²) in [6, 6.07) is 9.23. The van der Waals surface area contributed by atoms with E-state index in [-0.39, 0.29) is 10.6 Å². The van der Waals surface area contributed by atoms with Gasteiger partial charge in [-0.3, -0.25) is 10.1 Å². The molecule has 7 nitrogen and oxygen atoms in total. The molecule has 0 spiro atoms. The quantitative estimate of drug-likeness (QED) is 0.378. The SMILES string of the molecule is O=[N+]([O-])c1ccc(S(=O)(=O)C2CCN(c3nc(-c4cc(F)cc(Cl)c4)cs3)CC2)cc1. The second kappa shape index (κ2) is 8.52. The van der Waals surface area contributed by atoms with Crippen molar-refractivity contribution in [1.29, 1.82) is 0 Å². The molecule has 0 N–H and O–H groups in total. The van der Waals surface area contributed by atoms with Crippen LogP contribution >= 0.6 is 22.9 Å². The number of anilines is 1. The fourth-order valence-electron chi connectivity index (χ4n) is 3.55. The number of hydrogen-bond acceptors (Lipinski definition) is 7. The maximum Gasteiger partial charge on any atom is 0.269 e. The highest BCUT2D eigenvalue weighted by Crippen LogP contribution is 2.33. The number of benzene rings is 2. The van der Waals surface area contributed by atoms with Gasteiger partial charge in [0.15, 0.2) is 15.0 Å². The summed E-state index contributed by atoms with van der Waals surface area (Å²) in [6.45, 7) is 1.02. The average Bonchev–Trinajstić information content (AvgIpc) is 3.23. The zero-order valence-electron chi connectivity index (χ0n) is 16.1. The number of piperidine rings is 1. The lowest BCUT2D eigenvalue weighted by Gasteiger charge is -2.31. The molecule has 0 saturated carbocycles. The van der Waals surface area contributed by atoms with Gasteiger partial charge in [0.25, 0.3) is 5.69 Å². The first-order valence-electron chi connectivity index (χ1n) is 9.39. The lowest BCUT2D eigenvalue weighted by molar-refractivity contribution is -0.384. The highest BCUT2D eigenvalue weighted by Gasteiger charge is 2.32. The molecule has 0 amide bonds. The third kappa shape index (κ3) is 4.56. The zero-order valence-corrected chi connectivity index (χ0v) is 18.5. The van der Waals surface area contributed by atoms with E-state index in [4.69, 9.17) is 11.6 Å². The van der Waals surface area contributed by atoms with E-state index in [1.807, 2.05) is 10.3 Å². The minimum absolute atomic E-state index is 0.0936. The number of nitrogens with zero attached hydrogens (tertiary/aromatic N) is 3. The largest absolute Gasteiger partial charge is 0.348 e. The number of rotatable bonds is 5. The van der Waals surface area contributed by atoms with E-state index in [0.717, 1.165) is 5.13 Å². The van der Waals surface area contributed by atoms with Crippen molar-refractivity contribution in [3.05, 3.63) is 68.8 Å². The van der Waals surface area contributed by atoms with Crippen LogP contribution in [0.3, 0.4) is 0 Å². The van der Waals surface area contributed by atoms with Crippen LogP contribution in [0.5, 0.6) is 0 Å². The molecule has 0 atom stereocenters. The Labute approximate surface area is 187 Å². The van der Waals surface area contributed by atoms with Gasteiger partial charge in [0, 0.05) is 41.2 Å². The molecule has 3 aromatic rings. The van der Waals surface area contributed by atoms with Crippen LogP contribution in [-0.2, 0) is 9.84 Å². The van der Waals surface area contributed by atoms with Crippen LogP contribution in [0.1, 0.15) is 12.8 Å². The minimum Gasteiger partial charge on any atom is -0.348 e. The first-order valence-corrected chi connectivity index (χ1v) is 12.2. The van der Waals surface area contributed by atoms with Gasteiger partial charge in [-0.05, 0) is 43.2 Å². The Hall–Kier alpha value is -2.56. The van der Waals surface area contributed by atoms with E-state index < -0.39 is 25.8 Å². The van der Waals surface area contributed by atoms with Crippen LogP contribution in [-0.4, -0.2) is 36.7 Å². The number of thiazole rings is 1. The van der Waals surface area contributed by atoms with Gasteiger partial charge in [-0.25, -0.2) is 17.8 Å². The van der Waals surface area contributed by atoms with Crippen molar-refractivity contribution in [1.82, 2.24) is 4.98 Å². The van der Waals surface area contributed by atoms with E-state index in [1.54, 1.807) is 6.07 Å². The molecule has 31 heavy (non-hydrogen) atoms. The van der Waals surface area contributed by atoms with Gasteiger partial charge in [0.2, 0.25) is 0 Å². The normalized spacial score (nSPS) is 15.2. The van der Waals surface area contributed by atoms with Gasteiger partial charge in [0.05, 0.1) is 20.8 Å². The molecule has 2 aromatic carbocycles.